The van der Waals surface area contributed by atoms with E-state index in [0.717, 1.165) is 41.4 Å². The molecular formula is C15H19N3. The van der Waals surface area contributed by atoms with Gasteiger partial charge in [0.05, 0.1) is 5.69 Å². The minimum absolute atomic E-state index is 0.746. The maximum Gasteiger partial charge on any atom is 0.109 e. The van der Waals surface area contributed by atoms with E-state index in [1.165, 1.54) is 12.2 Å². The summed E-state index contributed by atoms with van der Waals surface area (Å²) in [7, 11) is 0. The second-order valence-corrected chi connectivity index (χ2v) is 5.41. The zero-order valence-electron chi connectivity index (χ0n) is 11.0. The zero-order valence-corrected chi connectivity index (χ0v) is 11.0. The lowest BCUT2D eigenvalue weighted by Crippen LogP contribution is -2.16. The van der Waals surface area contributed by atoms with Crippen molar-refractivity contribution in [2.75, 3.05) is 5.73 Å². The molecule has 18 heavy (non-hydrogen) atoms. The highest BCUT2D eigenvalue weighted by Gasteiger charge is 2.17. The fraction of sp³-hybridized carbons (Fsp3) is 0.400. The van der Waals surface area contributed by atoms with Crippen LogP contribution < -0.4 is 5.73 Å². The topological polar surface area (TPSA) is 43.8 Å². The van der Waals surface area contributed by atoms with Crippen LogP contribution in [-0.2, 0) is 13.0 Å². The molecule has 0 radical (unpaired) electrons. The first-order chi connectivity index (χ1) is 8.63. The van der Waals surface area contributed by atoms with Crippen molar-refractivity contribution < 1.29 is 0 Å². The van der Waals surface area contributed by atoms with Gasteiger partial charge in [0, 0.05) is 30.4 Å². The van der Waals surface area contributed by atoms with E-state index in [2.05, 4.69) is 29.8 Å². The molecule has 3 heteroatoms. The number of nitrogens with two attached hydrogens (primary N) is 1. The maximum absolute atomic E-state index is 5.97. The Morgan fingerprint density at radius 2 is 2.22 bits per heavy atom. The van der Waals surface area contributed by atoms with Crippen LogP contribution >= 0.6 is 0 Å². The largest absolute Gasteiger partial charge is 0.398 e. The number of anilines is 1. The average Bonchev–Trinajstić information content (AvgIpc) is 2.75. The first kappa shape index (κ1) is 11.3. The number of aryl methyl sites for hydroxylation is 2. The van der Waals surface area contributed by atoms with Gasteiger partial charge in [0.25, 0.3) is 0 Å². The Labute approximate surface area is 108 Å². The second kappa shape index (κ2) is 4.16. The summed E-state index contributed by atoms with van der Waals surface area (Å²) in [6, 6.07) is 6.18. The Bertz CT molecular complexity index is 583. The van der Waals surface area contributed by atoms with Crippen molar-refractivity contribution in [3.05, 3.63) is 35.8 Å². The summed E-state index contributed by atoms with van der Waals surface area (Å²) < 4.78 is 2.28. The van der Waals surface area contributed by atoms with Crippen LogP contribution in [0.4, 0.5) is 5.69 Å². The maximum atomic E-state index is 5.97. The normalized spacial score (nSPS) is 18.7. The van der Waals surface area contributed by atoms with Gasteiger partial charge in [0.2, 0.25) is 0 Å². The van der Waals surface area contributed by atoms with Crippen molar-refractivity contribution in [2.24, 2.45) is 5.92 Å². The molecule has 0 bridgehead atoms. The number of nitrogens with zero attached hydrogens (tertiary/aromatic N) is 2. The molecule has 2 heterocycles. The fourth-order valence-corrected chi connectivity index (χ4v) is 2.52. The van der Waals surface area contributed by atoms with Gasteiger partial charge in [-0.05, 0) is 30.9 Å². The zero-order chi connectivity index (χ0) is 12.7. The van der Waals surface area contributed by atoms with Gasteiger partial charge in [-0.1, -0.05) is 19.1 Å². The fourth-order valence-electron chi connectivity index (χ4n) is 2.52. The Morgan fingerprint density at radius 1 is 1.39 bits per heavy atom. The standard InChI is InChI=1S/C15H19N3/c1-10-5-6-18-9-14(17-15(18)7-10)12-4-3-11(2)13(16)8-12/h3-4,8-10H,5-7,16H2,1-2H3. The number of fused-ring (bicyclic) bond motifs is 1. The van der Waals surface area contributed by atoms with Gasteiger partial charge in [0.1, 0.15) is 5.82 Å². The van der Waals surface area contributed by atoms with Crippen LogP contribution in [0.1, 0.15) is 24.7 Å². The number of benzene rings is 1. The number of rotatable bonds is 1. The third-order valence-corrected chi connectivity index (χ3v) is 3.83. The summed E-state index contributed by atoms with van der Waals surface area (Å²) >= 11 is 0. The van der Waals surface area contributed by atoms with Crippen molar-refractivity contribution in [3.63, 3.8) is 0 Å². The van der Waals surface area contributed by atoms with Crippen molar-refractivity contribution in [1.29, 1.82) is 0 Å². The van der Waals surface area contributed by atoms with E-state index in [4.69, 9.17) is 10.7 Å². The van der Waals surface area contributed by atoms with E-state index in [0.29, 0.717) is 0 Å². The molecule has 1 aliphatic rings. The molecule has 0 amide bonds. The third kappa shape index (κ3) is 1.90. The molecule has 1 aliphatic heterocycles. The highest BCUT2D eigenvalue weighted by molar-refractivity contribution is 5.65. The summed E-state index contributed by atoms with van der Waals surface area (Å²) in [6.45, 7) is 5.41. The summed E-state index contributed by atoms with van der Waals surface area (Å²) in [5, 5.41) is 0. The molecule has 0 saturated carbocycles. The number of nitrogen functional groups attached to an aromatic ring is 1. The van der Waals surface area contributed by atoms with Crippen LogP contribution in [0.25, 0.3) is 11.3 Å². The molecule has 2 aromatic rings. The Morgan fingerprint density at radius 3 is 3.00 bits per heavy atom. The highest BCUT2D eigenvalue weighted by Crippen LogP contribution is 2.26. The van der Waals surface area contributed by atoms with Crippen LogP contribution in [0.3, 0.4) is 0 Å². The van der Waals surface area contributed by atoms with Gasteiger partial charge in [-0.3, -0.25) is 0 Å². The van der Waals surface area contributed by atoms with Gasteiger partial charge in [-0.25, -0.2) is 4.98 Å². The highest BCUT2D eigenvalue weighted by atomic mass is 15.1. The molecule has 0 fully saturated rings. The summed E-state index contributed by atoms with van der Waals surface area (Å²) in [4.78, 5) is 4.75. The SMILES string of the molecule is Cc1ccc(-c2cn3c(n2)CC(C)CC3)cc1N. The van der Waals surface area contributed by atoms with E-state index in [1.807, 2.05) is 13.0 Å². The van der Waals surface area contributed by atoms with Crippen LogP contribution in [0.2, 0.25) is 0 Å². The summed E-state index contributed by atoms with van der Waals surface area (Å²) in [5.74, 6) is 1.96. The number of hydrogen-bond donors (Lipinski definition) is 1. The van der Waals surface area contributed by atoms with Gasteiger partial charge < -0.3 is 10.3 Å². The lowest BCUT2D eigenvalue weighted by atomic mass is 10.0. The van der Waals surface area contributed by atoms with Crippen molar-refractivity contribution in [2.45, 2.75) is 33.2 Å². The minimum atomic E-state index is 0.746. The smallest absolute Gasteiger partial charge is 0.109 e. The van der Waals surface area contributed by atoms with Crippen molar-refractivity contribution >= 4 is 5.69 Å². The van der Waals surface area contributed by atoms with Crippen molar-refractivity contribution in [1.82, 2.24) is 9.55 Å². The monoisotopic (exact) mass is 241 g/mol. The van der Waals surface area contributed by atoms with Crippen LogP contribution in [0, 0.1) is 12.8 Å². The van der Waals surface area contributed by atoms with Gasteiger partial charge in [-0.2, -0.15) is 0 Å². The summed E-state index contributed by atoms with van der Waals surface area (Å²) in [6.07, 6.45) is 4.49. The molecule has 0 spiro atoms. The molecule has 3 nitrogen and oxygen atoms in total. The lowest BCUT2D eigenvalue weighted by molar-refractivity contribution is 0.409. The molecule has 1 unspecified atom stereocenters. The Hall–Kier alpha value is -1.77. The molecule has 3 rings (SSSR count). The quantitative estimate of drug-likeness (QED) is 0.780. The van der Waals surface area contributed by atoms with E-state index < -0.39 is 0 Å². The van der Waals surface area contributed by atoms with E-state index >= 15 is 0 Å². The molecule has 0 aliphatic carbocycles. The molecule has 0 saturated heterocycles. The average molecular weight is 241 g/mol. The Balaban J connectivity index is 2.00. The molecule has 1 aromatic heterocycles. The van der Waals surface area contributed by atoms with Crippen LogP contribution in [-0.4, -0.2) is 9.55 Å². The summed E-state index contributed by atoms with van der Waals surface area (Å²) in [5.41, 5.74) is 10.1. The molecule has 1 atom stereocenters. The van der Waals surface area contributed by atoms with E-state index in [9.17, 15) is 0 Å². The van der Waals surface area contributed by atoms with Crippen LogP contribution in [0.15, 0.2) is 24.4 Å². The van der Waals surface area contributed by atoms with E-state index in [1.54, 1.807) is 0 Å². The predicted octanol–water partition coefficient (Wildman–Crippen LogP) is 3.02. The molecule has 1 aromatic carbocycles. The number of aromatic nitrogens is 2. The minimum Gasteiger partial charge on any atom is -0.398 e. The van der Waals surface area contributed by atoms with Gasteiger partial charge in [0.15, 0.2) is 0 Å². The first-order valence-electron chi connectivity index (χ1n) is 6.56. The lowest BCUT2D eigenvalue weighted by Gasteiger charge is -2.18. The van der Waals surface area contributed by atoms with Crippen LogP contribution in [0.5, 0.6) is 0 Å². The third-order valence-electron chi connectivity index (χ3n) is 3.83. The Kier molecular flexibility index (Phi) is 2.62. The number of hydrogen-bond acceptors (Lipinski definition) is 2. The van der Waals surface area contributed by atoms with Gasteiger partial charge >= 0.3 is 0 Å². The van der Waals surface area contributed by atoms with E-state index in [-0.39, 0.29) is 0 Å². The van der Waals surface area contributed by atoms with Gasteiger partial charge in [-0.15, -0.1) is 0 Å². The first-order valence-corrected chi connectivity index (χ1v) is 6.56. The molecule has 94 valence electrons. The number of imidazole rings is 1. The molecular weight excluding hydrogens is 222 g/mol. The van der Waals surface area contributed by atoms with Crippen molar-refractivity contribution in [3.8, 4) is 11.3 Å². The predicted molar refractivity (Wildman–Crippen MR) is 74.3 cm³/mol. The second-order valence-electron chi connectivity index (χ2n) is 5.41. The molecule has 2 N–H and O–H groups in total.